The molecule has 2 N–H and O–H groups in total. The molecule has 0 radical (unpaired) electrons. The molecule has 0 saturated heterocycles. The van der Waals surface area contributed by atoms with E-state index < -0.39 is 0 Å². The Morgan fingerprint density at radius 2 is 1.95 bits per heavy atom. The van der Waals surface area contributed by atoms with Gasteiger partial charge in [-0.25, -0.2) is 4.39 Å². The minimum Gasteiger partial charge on any atom is -0.324 e. The van der Waals surface area contributed by atoms with E-state index in [1.807, 2.05) is 19.1 Å². The van der Waals surface area contributed by atoms with Crippen LogP contribution in [0.2, 0.25) is 10.0 Å². The average Bonchev–Trinajstić information content (AvgIpc) is 2.32. The van der Waals surface area contributed by atoms with E-state index in [2.05, 4.69) is 0 Å². The van der Waals surface area contributed by atoms with Crippen molar-refractivity contribution in [2.45, 2.75) is 19.4 Å². The smallest absolute Gasteiger partial charge is 0.127 e. The Labute approximate surface area is 122 Å². The lowest BCUT2D eigenvalue weighted by Gasteiger charge is -2.15. The van der Waals surface area contributed by atoms with Gasteiger partial charge in [0.05, 0.1) is 0 Å². The van der Waals surface area contributed by atoms with Crippen molar-refractivity contribution < 1.29 is 4.39 Å². The molecule has 0 aliphatic rings. The van der Waals surface area contributed by atoms with Crippen LogP contribution in [0.5, 0.6) is 0 Å². The maximum Gasteiger partial charge on any atom is 0.127 e. The van der Waals surface area contributed by atoms with Crippen LogP contribution in [0.4, 0.5) is 4.39 Å². The van der Waals surface area contributed by atoms with Gasteiger partial charge in [-0.3, -0.25) is 0 Å². The normalized spacial score (nSPS) is 12.5. The highest BCUT2D eigenvalue weighted by atomic mass is 35.5. The Hall–Kier alpha value is -1.09. The summed E-state index contributed by atoms with van der Waals surface area (Å²) in [6.07, 6.45) is 0.339. The molecule has 0 aromatic heterocycles. The van der Waals surface area contributed by atoms with E-state index in [0.717, 1.165) is 11.1 Å². The lowest BCUT2D eigenvalue weighted by molar-refractivity contribution is 0.593. The number of halogens is 3. The standard InChI is InChI=1S/C15H14Cl2FN/c1-9-5-10(7-11(16)6-9)15(19)8-12-13(17)3-2-4-14(12)18/h2-7,15H,8,19H2,1H3. The molecule has 1 nitrogen and oxygen atoms in total. The van der Waals surface area contributed by atoms with Crippen molar-refractivity contribution in [3.63, 3.8) is 0 Å². The van der Waals surface area contributed by atoms with Gasteiger partial charge in [0.15, 0.2) is 0 Å². The van der Waals surface area contributed by atoms with Crippen molar-refractivity contribution in [2.75, 3.05) is 0 Å². The van der Waals surface area contributed by atoms with Crippen LogP contribution in [0, 0.1) is 12.7 Å². The van der Waals surface area contributed by atoms with Crippen molar-refractivity contribution in [3.8, 4) is 0 Å². The second-order valence-electron chi connectivity index (χ2n) is 4.57. The van der Waals surface area contributed by atoms with Gasteiger partial charge in [-0.2, -0.15) is 0 Å². The first-order valence-corrected chi connectivity index (χ1v) is 6.68. The zero-order valence-corrected chi connectivity index (χ0v) is 12.0. The fraction of sp³-hybridized carbons (Fsp3) is 0.200. The van der Waals surface area contributed by atoms with Gasteiger partial charge in [0.2, 0.25) is 0 Å². The highest BCUT2D eigenvalue weighted by Gasteiger charge is 2.14. The summed E-state index contributed by atoms with van der Waals surface area (Å²) >= 11 is 12.0. The van der Waals surface area contributed by atoms with E-state index in [4.69, 9.17) is 28.9 Å². The van der Waals surface area contributed by atoms with Crippen molar-refractivity contribution in [1.29, 1.82) is 0 Å². The molecule has 1 unspecified atom stereocenters. The molecule has 0 aliphatic heterocycles. The van der Waals surface area contributed by atoms with Crippen LogP contribution in [0.15, 0.2) is 36.4 Å². The predicted molar refractivity (Wildman–Crippen MR) is 78.2 cm³/mol. The van der Waals surface area contributed by atoms with E-state index in [9.17, 15) is 4.39 Å². The third-order valence-electron chi connectivity index (χ3n) is 2.98. The van der Waals surface area contributed by atoms with Crippen LogP contribution >= 0.6 is 23.2 Å². The van der Waals surface area contributed by atoms with Crippen LogP contribution in [0.25, 0.3) is 0 Å². The molecule has 2 aromatic rings. The van der Waals surface area contributed by atoms with Gasteiger partial charge in [0.1, 0.15) is 5.82 Å². The van der Waals surface area contributed by atoms with Crippen molar-refractivity contribution in [1.82, 2.24) is 0 Å². The van der Waals surface area contributed by atoms with Crippen LogP contribution in [-0.2, 0) is 6.42 Å². The molecule has 4 heteroatoms. The minimum atomic E-state index is -0.341. The van der Waals surface area contributed by atoms with Crippen molar-refractivity contribution >= 4 is 23.2 Å². The highest BCUT2D eigenvalue weighted by Crippen LogP contribution is 2.26. The number of rotatable bonds is 3. The van der Waals surface area contributed by atoms with Crippen molar-refractivity contribution in [3.05, 3.63) is 69.0 Å². The summed E-state index contributed by atoms with van der Waals surface area (Å²) in [6, 6.07) is 9.89. The summed E-state index contributed by atoms with van der Waals surface area (Å²) in [5.74, 6) is -0.332. The van der Waals surface area contributed by atoms with Gasteiger partial charge in [-0.1, -0.05) is 35.3 Å². The number of aryl methyl sites for hydroxylation is 1. The summed E-state index contributed by atoms with van der Waals surface area (Å²) in [7, 11) is 0. The van der Waals surface area contributed by atoms with Gasteiger partial charge >= 0.3 is 0 Å². The first kappa shape index (κ1) is 14.3. The number of hydrogen-bond donors (Lipinski definition) is 1. The molecular weight excluding hydrogens is 284 g/mol. The van der Waals surface area contributed by atoms with E-state index in [1.54, 1.807) is 18.2 Å². The number of hydrogen-bond acceptors (Lipinski definition) is 1. The van der Waals surface area contributed by atoms with Crippen LogP contribution in [0.1, 0.15) is 22.7 Å². The minimum absolute atomic E-state index is 0.332. The molecule has 0 amide bonds. The first-order valence-electron chi connectivity index (χ1n) is 5.93. The molecule has 0 heterocycles. The molecule has 100 valence electrons. The Morgan fingerprint density at radius 3 is 2.58 bits per heavy atom. The molecule has 1 atom stereocenters. The zero-order chi connectivity index (χ0) is 14.0. The topological polar surface area (TPSA) is 26.0 Å². The summed E-state index contributed by atoms with van der Waals surface area (Å²) in [5.41, 5.74) is 8.46. The van der Waals surface area contributed by atoms with Gasteiger partial charge in [-0.05, 0) is 48.7 Å². The molecule has 0 saturated carbocycles. The van der Waals surface area contributed by atoms with Crippen LogP contribution < -0.4 is 5.73 Å². The largest absolute Gasteiger partial charge is 0.324 e. The SMILES string of the molecule is Cc1cc(Cl)cc(C(N)Cc2c(F)cccc2Cl)c1. The second-order valence-corrected chi connectivity index (χ2v) is 5.42. The molecule has 0 bridgehead atoms. The Bertz CT molecular complexity index is 558. The summed E-state index contributed by atoms with van der Waals surface area (Å²) in [4.78, 5) is 0. The fourth-order valence-electron chi connectivity index (χ4n) is 2.04. The Morgan fingerprint density at radius 1 is 1.21 bits per heavy atom. The molecule has 0 fully saturated rings. The second kappa shape index (κ2) is 5.91. The molecule has 2 aromatic carbocycles. The van der Waals surface area contributed by atoms with E-state index in [-0.39, 0.29) is 11.9 Å². The first-order chi connectivity index (χ1) is 8.97. The average molecular weight is 298 g/mol. The highest BCUT2D eigenvalue weighted by molar-refractivity contribution is 6.31. The van der Waals surface area contributed by atoms with Gasteiger partial charge < -0.3 is 5.73 Å². The predicted octanol–water partition coefficient (Wildman–Crippen LogP) is 4.68. The summed E-state index contributed by atoms with van der Waals surface area (Å²) < 4.78 is 13.7. The lowest BCUT2D eigenvalue weighted by atomic mass is 9.98. The van der Waals surface area contributed by atoms with Gasteiger partial charge in [-0.15, -0.1) is 0 Å². The number of benzene rings is 2. The maximum absolute atomic E-state index is 13.7. The van der Waals surface area contributed by atoms with Crippen molar-refractivity contribution in [2.24, 2.45) is 5.73 Å². The summed E-state index contributed by atoms with van der Waals surface area (Å²) in [6.45, 7) is 1.94. The number of nitrogens with two attached hydrogens (primary N) is 1. The van der Waals surface area contributed by atoms with Crippen LogP contribution in [0.3, 0.4) is 0 Å². The molecule has 0 aliphatic carbocycles. The van der Waals surface area contributed by atoms with E-state index >= 15 is 0 Å². The molecule has 0 spiro atoms. The molecule has 2 rings (SSSR count). The Balaban J connectivity index is 2.28. The van der Waals surface area contributed by atoms with E-state index in [1.165, 1.54) is 6.07 Å². The monoisotopic (exact) mass is 297 g/mol. The Kier molecular flexibility index (Phi) is 4.46. The van der Waals surface area contributed by atoms with Crippen LogP contribution in [-0.4, -0.2) is 0 Å². The summed E-state index contributed by atoms with van der Waals surface area (Å²) in [5, 5.41) is 1.03. The zero-order valence-electron chi connectivity index (χ0n) is 10.5. The lowest BCUT2D eigenvalue weighted by Crippen LogP contribution is -2.14. The third kappa shape index (κ3) is 3.47. The fourth-order valence-corrected chi connectivity index (χ4v) is 2.58. The van der Waals surface area contributed by atoms with Gasteiger partial charge in [0, 0.05) is 21.7 Å². The quantitative estimate of drug-likeness (QED) is 0.874. The molecule has 19 heavy (non-hydrogen) atoms. The molecular formula is C15H14Cl2FN. The van der Waals surface area contributed by atoms with Gasteiger partial charge in [0.25, 0.3) is 0 Å². The maximum atomic E-state index is 13.7. The van der Waals surface area contributed by atoms with E-state index in [0.29, 0.717) is 22.0 Å². The third-order valence-corrected chi connectivity index (χ3v) is 3.55.